The number of carbonyl (C=O) groups is 2. The fourth-order valence-corrected chi connectivity index (χ4v) is 6.03. The van der Waals surface area contributed by atoms with E-state index in [-0.39, 0.29) is 24.0 Å². The van der Waals surface area contributed by atoms with E-state index in [9.17, 15) is 9.59 Å². The highest BCUT2D eigenvalue weighted by Crippen LogP contribution is 2.52. The van der Waals surface area contributed by atoms with Crippen LogP contribution < -0.4 is 5.32 Å². The van der Waals surface area contributed by atoms with Crippen molar-refractivity contribution in [2.24, 2.45) is 11.8 Å². The van der Waals surface area contributed by atoms with E-state index in [4.69, 9.17) is 4.74 Å². The highest BCUT2D eigenvalue weighted by atomic mass is 16.5. The van der Waals surface area contributed by atoms with Gasteiger partial charge in [0.1, 0.15) is 5.60 Å². The summed E-state index contributed by atoms with van der Waals surface area (Å²) in [5.41, 5.74) is 1.70. The highest BCUT2D eigenvalue weighted by molar-refractivity contribution is 5.93. The standard InChI is InChI=1S/C24H27N3O3/c28-22(26-16-5-1-2-6-16)20-19-9-11-24(30-19)14-27(23(29)21(20)24)12-10-15-13-25-18-8-4-3-7-17(15)18/h3-4,7-9,11,13,16,19-21,25H,1-2,5-6,10,12,14H2,(H,26,28)/t19-,20+,21+,24+/m0/s1. The average molecular weight is 405 g/mol. The second-order valence-electron chi connectivity index (χ2n) is 9.26. The van der Waals surface area contributed by atoms with Crippen molar-refractivity contribution in [3.8, 4) is 0 Å². The van der Waals surface area contributed by atoms with E-state index in [1.54, 1.807) is 0 Å². The molecule has 1 spiro atoms. The second-order valence-corrected chi connectivity index (χ2v) is 9.26. The molecule has 30 heavy (non-hydrogen) atoms. The van der Waals surface area contributed by atoms with Crippen LogP contribution in [0.3, 0.4) is 0 Å². The molecule has 3 fully saturated rings. The molecule has 1 aromatic heterocycles. The van der Waals surface area contributed by atoms with Gasteiger partial charge in [-0.05, 0) is 30.9 Å². The maximum Gasteiger partial charge on any atom is 0.230 e. The Balaban J connectivity index is 1.19. The number of aromatic amines is 1. The lowest BCUT2D eigenvalue weighted by Gasteiger charge is -2.25. The Bertz CT molecular complexity index is 1040. The lowest BCUT2D eigenvalue weighted by atomic mass is 9.76. The fourth-order valence-electron chi connectivity index (χ4n) is 6.03. The van der Waals surface area contributed by atoms with Crippen LogP contribution in [0.2, 0.25) is 0 Å². The number of ether oxygens (including phenoxy) is 1. The Labute approximate surface area is 175 Å². The number of para-hydroxylation sites is 1. The number of hydrogen-bond acceptors (Lipinski definition) is 3. The Hall–Kier alpha value is -2.60. The first-order valence-electron chi connectivity index (χ1n) is 11.2. The summed E-state index contributed by atoms with van der Waals surface area (Å²) in [6.45, 7) is 1.18. The van der Waals surface area contributed by atoms with Crippen molar-refractivity contribution in [1.29, 1.82) is 0 Å². The van der Waals surface area contributed by atoms with Gasteiger partial charge >= 0.3 is 0 Å². The third-order valence-corrected chi connectivity index (χ3v) is 7.51. The smallest absolute Gasteiger partial charge is 0.230 e. The molecular formula is C24H27N3O3. The van der Waals surface area contributed by atoms with Crippen molar-refractivity contribution in [1.82, 2.24) is 15.2 Å². The lowest BCUT2D eigenvalue weighted by Crippen LogP contribution is -2.46. The molecule has 2 bridgehead atoms. The molecule has 6 nitrogen and oxygen atoms in total. The number of benzene rings is 1. The summed E-state index contributed by atoms with van der Waals surface area (Å²) < 4.78 is 6.25. The number of nitrogens with one attached hydrogen (secondary N) is 2. The summed E-state index contributed by atoms with van der Waals surface area (Å²) in [7, 11) is 0. The Morgan fingerprint density at radius 2 is 2.10 bits per heavy atom. The average Bonchev–Trinajstić information content (AvgIpc) is 3.55. The molecule has 6 rings (SSSR count). The molecule has 2 N–H and O–H groups in total. The van der Waals surface area contributed by atoms with E-state index in [1.165, 1.54) is 23.8 Å². The number of fused-ring (bicyclic) bond motifs is 2. The molecule has 4 aliphatic rings. The minimum absolute atomic E-state index is 0.00467. The summed E-state index contributed by atoms with van der Waals surface area (Å²) in [6.07, 6.45) is 11.0. The van der Waals surface area contributed by atoms with Gasteiger partial charge in [0.15, 0.2) is 0 Å². The first kappa shape index (κ1) is 18.2. The number of amides is 2. The summed E-state index contributed by atoms with van der Waals surface area (Å²) >= 11 is 0. The molecule has 0 radical (unpaired) electrons. The number of rotatable bonds is 5. The van der Waals surface area contributed by atoms with Crippen LogP contribution in [-0.4, -0.2) is 52.5 Å². The van der Waals surface area contributed by atoms with Gasteiger partial charge in [-0.3, -0.25) is 9.59 Å². The van der Waals surface area contributed by atoms with Crippen LogP contribution in [0.15, 0.2) is 42.6 Å². The van der Waals surface area contributed by atoms with Gasteiger partial charge in [-0.15, -0.1) is 0 Å². The number of aromatic nitrogens is 1. The molecule has 1 aromatic carbocycles. The second kappa shape index (κ2) is 6.71. The zero-order valence-corrected chi connectivity index (χ0v) is 17.0. The van der Waals surface area contributed by atoms with Crippen molar-refractivity contribution >= 4 is 22.7 Å². The monoisotopic (exact) mass is 405 g/mol. The van der Waals surface area contributed by atoms with Gasteiger partial charge in [-0.1, -0.05) is 43.2 Å². The quantitative estimate of drug-likeness (QED) is 0.751. The maximum absolute atomic E-state index is 13.4. The number of nitrogens with zero attached hydrogens (tertiary/aromatic N) is 1. The molecular weight excluding hydrogens is 378 g/mol. The minimum atomic E-state index is -0.625. The van der Waals surface area contributed by atoms with Crippen LogP contribution in [0.5, 0.6) is 0 Å². The third-order valence-electron chi connectivity index (χ3n) is 7.51. The van der Waals surface area contributed by atoms with Crippen LogP contribution in [-0.2, 0) is 20.7 Å². The van der Waals surface area contributed by atoms with Gasteiger partial charge < -0.3 is 19.9 Å². The number of H-pyrrole nitrogens is 1. The van der Waals surface area contributed by atoms with Gasteiger partial charge in [0.2, 0.25) is 11.8 Å². The van der Waals surface area contributed by atoms with E-state index >= 15 is 0 Å². The van der Waals surface area contributed by atoms with Crippen LogP contribution in [0.25, 0.3) is 10.9 Å². The predicted molar refractivity (Wildman–Crippen MR) is 113 cm³/mol. The van der Waals surface area contributed by atoms with Crippen molar-refractivity contribution < 1.29 is 14.3 Å². The van der Waals surface area contributed by atoms with E-state index in [0.717, 1.165) is 24.8 Å². The molecule has 4 heterocycles. The van der Waals surface area contributed by atoms with Crippen LogP contribution >= 0.6 is 0 Å². The van der Waals surface area contributed by atoms with E-state index in [2.05, 4.69) is 22.4 Å². The van der Waals surface area contributed by atoms with Crippen LogP contribution in [0.1, 0.15) is 31.2 Å². The Kier molecular flexibility index (Phi) is 4.07. The van der Waals surface area contributed by atoms with E-state index < -0.39 is 17.4 Å². The molecule has 6 heteroatoms. The first-order valence-corrected chi connectivity index (χ1v) is 11.2. The zero-order chi connectivity index (χ0) is 20.3. The summed E-state index contributed by atoms with van der Waals surface area (Å²) in [4.78, 5) is 31.6. The minimum Gasteiger partial charge on any atom is -0.361 e. The predicted octanol–water partition coefficient (Wildman–Crippen LogP) is 2.55. The largest absolute Gasteiger partial charge is 0.361 e. The Morgan fingerprint density at radius 1 is 1.27 bits per heavy atom. The maximum atomic E-state index is 13.4. The molecule has 4 atom stereocenters. The normalized spacial score (nSPS) is 32.5. The molecule has 2 aromatic rings. The first-order chi connectivity index (χ1) is 14.6. The van der Waals surface area contributed by atoms with Gasteiger partial charge in [-0.2, -0.15) is 0 Å². The van der Waals surface area contributed by atoms with Crippen LogP contribution in [0.4, 0.5) is 0 Å². The molecule has 2 amide bonds. The molecule has 3 aliphatic heterocycles. The van der Waals surface area contributed by atoms with Crippen molar-refractivity contribution in [3.63, 3.8) is 0 Å². The SMILES string of the molecule is O=C(NC1CCCC1)[C@@H]1[C@@H]2C=C[C@]3(CN(CCc4c[nH]c5ccccc45)C(=O)[C@@H]13)O2. The molecule has 1 aliphatic carbocycles. The van der Waals surface area contributed by atoms with Crippen molar-refractivity contribution in [2.75, 3.05) is 13.1 Å². The fraction of sp³-hybridized carbons (Fsp3) is 0.500. The van der Waals surface area contributed by atoms with E-state index in [1.807, 2.05) is 35.4 Å². The van der Waals surface area contributed by atoms with Crippen LogP contribution in [0, 0.1) is 11.8 Å². The number of likely N-dealkylation sites (tertiary alicyclic amines) is 1. The summed E-state index contributed by atoms with van der Waals surface area (Å²) in [6, 6.07) is 8.48. The molecule has 156 valence electrons. The number of hydrogen-bond donors (Lipinski definition) is 2. The Morgan fingerprint density at radius 3 is 2.97 bits per heavy atom. The van der Waals surface area contributed by atoms with E-state index in [0.29, 0.717) is 13.1 Å². The van der Waals surface area contributed by atoms with Gasteiger partial charge in [0.05, 0.1) is 24.5 Å². The molecule has 2 saturated heterocycles. The summed E-state index contributed by atoms with van der Waals surface area (Å²) in [5, 5.41) is 4.40. The third kappa shape index (κ3) is 2.66. The lowest BCUT2D eigenvalue weighted by molar-refractivity contribution is -0.137. The molecule has 1 saturated carbocycles. The topological polar surface area (TPSA) is 74.4 Å². The number of carbonyl (C=O) groups excluding carboxylic acids is 2. The van der Waals surface area contributed by atoms with Crippen molar-refractivity contribution in [2.45, 2.75) is 49.9 Å². The highest BCUT2D eigenvalue weighted by Gasteiger charge is 2.66. The summed E-state index contributed by atoms with van der Waals surface area (Å²) in [5.74, 6) is -0.735. The van der Waals surface area contributed by atoms with Crippen molar-refractivity contribution in [3.05, 3.63) is 48.2 Å². The zero-order valence-electron chi connectivity index (χ0n) is 17.0. The van der Waals surface area contributed by atoms with Gasteiger partial charge in [-0.25, -0.2) is 0 Å². The molecule has 0 unspecified atom stereocenters. The van der Waals surface area contributed by atoms with Gasteiger partial charge in [0, 0.05) is 29.7 Å². The van der Waals surface area contributed by atoms with Gasteiger partial charge in [0.25, 0.3) is 0 Å².